The second kappa shape index (κ2) is 6.32. The summed E-state index contributed by atoms with van der Waals surface area (Å²) in [6.07, 6.45) is 0. The largest absolute Gasteiger partial charge is 0.493 e. The number of para-hydroxylation sites is 1. The van der Waals surface area contributed by atoms with Gasteiger partial charge in [-0.05, 0) is 12.1 Å². The fourth-order valence-electron chi connectivity index (χ4n) is 1.81. The SMILES string of the molecule is COc1cccc(OC)c1OCC(C)(C)CS(N)(=O)=O. The van der Waals surface area contributed by atoms with Crippen molar-refractivity contribution >= 4 is 10.0 Å². The van der Waals surface area contributed by atoms with Crippen LogP contribution in [-0.4, -0.2) is 35.0 Å². The van der Waals surface area contributed by atoms with Crippen molar-refractivity contribution < 1.29 is 22.6 Å². The Hall–Kier alpha value is -1.47. The molecule has 1 aromatic carbocycles. The molecule has 0 bridgehead atoms. The number of ether oxygens (including phenoxy) is 3. The molecule has 0 atom stereocenters. The minimum atomic E-state index is -3.56. The van der Waals surface area contributed by atoms with Gasteiger partial charge in [-0.2, -0.15) is 0 Å². The molecule has 1 rings (SSSR count). The van der Waals surface area contributed by atoms with Crippen LogP contribution in [0.3, 0.4) is 0 Å². The molecule has 114 valence electrons. The molecule has 6 nitrogen and oxygen atoms in total. The van der Waals surface area contributed by atoms with Crippen molar-refractivity contribution in [2.24, 2.45) is 10.6 Å². The molecule has 0 unspecified atom stereocenters. The second-order valence-electron chi connectivity index (χ2n) is 5.25. The maximum atomic E-state index is 11.2. The van der Waals surface area contributed by atoms with E-state index in [2.05, 4.69) is 0 Å². The van der Waals surface area contributed by atoms with Crippen LogP contribution in [-0.2, 0) is 10.0 Å². The Morgan fingerprint density at radius 2 is 1.65 bits per heavy atom. The summed E-state index contributed by atoms with van der Waals surface area (Å²) in [4.78, 5) is 0. The molecule has 0 amide bonds. The van der Waals surface area contributed by atoms with Gasteiger partial charge in [-0.1, -0.05) is 19.9 Å². The average molecular weight is 303 g/mol. The molecule has 0 aliphatic carbocycles. The standard InChI is InChI=1S/C13H21NO5S/c1-13(2,9-20(14,15)16)8-19-12-10(17-3)6-5-7-11(12)18-4/h5-7H,8-9H2,1-4H3,(H2,14,15,16). The summed E-state index contributed by atoms with van der Waals surface area (Å²) in [7, 11) is -0.510. The van der Waals surface area contributed by atoms with Gasteiger partial charge in [-0.15, -0.1) is 0 Å². The zero-order chi connectivity index (χ0) is 15.4. The van der Waals surface area contributed by atoms with Crippen molar-refractivity contribution in [2.75, 3.05) is 26.6 Å². The third kappa shape index (κ3) is 4.90. The Morgan fingerprint density at radius 3 is 2.05 bits per heavy atom. The summed E-state index contributed by atoms with van der Waals surface area (Å²) in [5.74, 6) is 1.32. The van der Waals surface area contributed by atoms with E-state index in [1.165, 1.54) is 14.2 Å². The minimum absolute atomic E-state index is 0.167. The van der Waals surface area contributed by atoms with Crippen molar-refractivity contribution in [3.63, 3.8) is 0 Å². The maximum Gasteiger partial charge on any atom is 0.209 e. The molecule has 0 heterocycles. The van der Waals surface area contributed by atoms with Gasteiger partial charge < -0.3 is 14.2 Å². The summed E-state index contributed by atoms with van der Waals surface area (Å²) >= 11 is 0. The molecule has 2 N–H and O–H groups in total. The molecule has 0 aliphatic heterocycles. The number of hydrogen-bond donors (Lipinski definition) is 1. The summed E-state index contributed by atoms with van der Waals surface area (Å²) in [6, 6.07) is 5.26. The third-order valence-electron chi connectivity index (χ3n) is 2.58. The highest BCUT2D eigenvalue weighted by molar-refractivity contribution is 7.89. The van der Waals surface area contributed by atoms with E-state index in [-0.39, 0.29) is 12.4 Å². The number of primary sulfonamides is 1. The van der Waals surface area contributed by atoms with Crippen molar-refractivity contribution in [1.82, 2.24) is 0 Å². The highest BCUT2D eigenvalue weighted by Crippen LogP contribution is 2.37. The number of sulfonamides is 1. The number of rotatable bonds is 7. The first-order valence-corrected chi connectivity index (χ1v) is 7.74. The van der Waals surface area contributed by atoms with E-state index in [1.807, 2.05) is 0 Å². The molecular formula is C13H21NO5S. The van der Waals surface area contributed by atoms with Crippen LogP contribution in [0.1, 0.15) is 13.8 Å². The van der Waals surface area contributed by atoms with Gasteiger partial charge in [0.2, 0.25) is 15.8 Å². The average Bonchev–Trinajstić information content (AvgIpc) is 2.33. The quantitative estimate of drug-likeness (QED) is 0.822. The number of hydrogen-bond acceptors (Lipinski definition) is 5. The normalized spacial score (nSPS) is 12.1. The summed E-state index contributed by atoms with van der Waals surface area (Å²) < 4.78 is 38.5. The zero-order valence-electron chi connectivity index (χ0n) is 12.2. The van der Waals surface area contributed by atoms with Crippen LogP contribution in [0.2, 0.25) is 0 Å². The summed E-state index contributed by atoms with van der Waals surface area (Å²) in [5.41, 5.74) is -0.626. The van der Waals surface area contributed by atoms with Crippen LogP contribution < -0.4 is 19.3 Å². The lowest BCUT2D eigenvalue weighted by atomic mass is 9.98. The second-order valence-corrected chi connectivity index (χ2v) is 6.87. The molecule has 0 aliphatic rings. The maximum absolute atomic E-state index is 11.2. The van der Waals surface area contributed by atoms with Crippen molar-refractivity contribution in [2.45, 2.75) is 13.8 Å². The Balaban J connectivity index is 2.89. The van der Waals surface area contributed by atoms with E-state index < -0.39 is 15.4 Å². The molecular weight excluding hydrogens is 282 g/mol. The molecule has 0 saturated carbocycles. The van der Waals surface area contributed by atoms with Gasteiger partial charge in [-0.25, -0.2) is 13.6 Å². The highest BCUT2D eigenvalue weighted by Gasteiger charge is 2.26. The van der Waals surface area contributed by atoms with E-state index in [0.29, 0.717) is 17.2 Å². The van der Waals surface area contributed by atoms with Gasteiger partial charge >= 0.3 is 0 Å². The van der Waals surface area contributed by atoms with Gasteiger partial charge in [0.05, 0.1) is 26.6 Å². The van der Waals surface area contributed by atoms with Crippen LogP contribution in [0.15, 0.2) is 18.2 Å². The van der Waals surface area contributed by atoms with E-state index in [4.69, 9.17) is 19.3 Å². The van der Waals surface area contributed by atoms with E-state index in [1.54, 1.807) is 32.0 Å². The molecule has 0 aromatic heterocycles. The highest BCUT2D eigenvalue weighted by atomic mass is 32.2. The molecule has 1 aromatic rings. The van der Waals surface area contributed by atoms with Gasteiger partial charge in [0, 0.05) is 5.41 Å². The van der Waals surface area contributed by atoms with Gasteiger partial charge in [0.25, 0.3) is 0 Å². The predicted molar refractivity (Wildman–Crippen MR) is 76.8 cm³/mol. The fraction of sp³-hybridized carbons (Fsp3) is 0.538. The molecule has 0 radical (unpaired) electrons. The number of methoxy groups -OCH3 is 2. The lowest BCUT2D eigenvalue weighted by Gasteiger charge is -2.24. The lowest BCUT2D eigenvalue weighted by molar-refractivity contribution is 0.186. The Morgan fingerprint density at radius 1 is 1.15 bits per heavy atom. The van der Waals surface area contributed by atoms with Crippen LogP contribution in [0.5, 0.6) is 17.2 Å². The molecule has 0 saturated heterocycles. The molecule has 20 heavy (non-hydrogen) atoms. The predicted octanol–water partition coefficient (Wildman–Crippen LogP) is 1.40. The monoisotopic (exact) mass is 303 g/mol. The molecule has 0 spiro atoms. The first-order valence-electron chi connectivity index (χ1n) is 6.03. The molecule has 7 heteroatoms. The van der Waals surface area contributed by atoms with Crippen molar-refractivity contribution in [3.8, 4) is 17.2 Å². The molecule has 0 fully saturated rings. The van der Waals surface area contributed by atoms with Gasteiger partial charge in [0.15, 0.2) is 11.5 Å². The smallest absolute Gasteiger partial charge is 0.209 e. The number of nitrogens with two attached hydrogens (primary N) is 1. The van der Waals surface area contributed by atoms with E-state index >= 15 is 0 Å². The Kier molecular flexibility index (Phi) is 5.24. The van der Waals surface area contributed by atoms with Crippen LogP contribution in [0.25, 0.3) is 0 Å². The first kappa shape index (κ1) is 16.6. The topological polar surface area (TPSA) is 87.8 Å². The van der Waals surface area contributed by atoms with Gasteiger partial charge in [0.1, 0.15) is 0 Å². The Bertz CT molecular complexity index is 532. The van der Waals surface area contributed by atoms with Crippen molar-refractivity contribution in [1.29, 1.82) is 0 Å². The minimum Gasteiger partial charge on any atom is -0.493 e. The van der Waals surface area contributed by atoms with Crippen LogP contribution in [0, 0.1) is 5.41 Å². The van der Waals surface area contributed by atoms with E-state index in [9.17, 15) is 8.42 Å². The summed E-state index contributed by atoms with van der Waals surface area (Å²) in [5, 5.41) is 5.07. The summed E-state index contributed by atoms with van der Waals surface area (Å²) in [6.45, 7) is 3.69. The Labute approximate surface area is 119 Å². The van der Waals surface area contributed by atoms with E-state index in [0.717, 1.165) is 0 Å². The fourth-order valence-corrected chi connectivity index (χ4v) is 2.99. The van der Waals surface area contributed by atoms with Crippen LogP contribution in [0.4, 0.5) is 0 Å². The first-order chi connectivity index (χ1) is 9.18. The number of benzene rings is 1. The third-order valence-corrected chi connectivity index (χ3v) is 3.77. The van der Waals surface area contributed by atoms with Crippen LogP contribution >= 0.6 is 0 Å². The lowest BCUT2D eigenvalue weighted by Crippen LogP contribution is -2.33. The van der Waals surface area contributed by atoms with Gasteiger partial charge in [-0.3, -0.25) is 0 Å². The van der Waals surface area contributed by atoms with Crippen molar-refractivity contribution in [3.05, 3.63) is 18.2 Å². The zero-order valence-corrected chi connectivity index (χ0v) is 13.0.